The largest absolute Gasteiger partial charge is 0.497 e. The Labute approximate surface area is 153 Å². The van der Waals surface area contributed by atoms with Crippen molar-refractivity contribution in [1.82, 2.24) is 10.2 Å². The summed E-state index contributed by atoms with van der Waals surface area (Å²) < 4.78 is 47.6. The number of halogens is 1. The molecule has 0 aliphatic carbocycles. The highest BCUT2D eigenvalue weighted by Gasteiger charge is 2.21. The van der Waals surface area contributed by atoms with E-state index in [1.807, 2.05) is 0 Å². The topological polar surface area (TPSA) is 111 Å². The van der Waals surface area contributed by atoms with E-state index < -0.39 is 27.3 Å². The molecule has 1 heterocycles. The third kappa shape index (κ3) is 4.47. The van der Waals surface area contributed by atoms with Gasteiger partial charge in [-0.25, -0.2) is 12.8 Å². The highest BCUT2D eigenvalue weighted by Crippen LogP contribution is 2.22. The van der Waals surface area contributed by atoms with Gasteiger partial charge in [-0.3, -0.25) is 10.1 Å². The fourth-order valence-electron chi connectivity index (χ4n) is 2.18. The highest BCUT2D eigenvalue weighted by molar-refractivity contribution is 7.92. The quantitative estimate of drug-likeness (QED) is 0.642. The van der Waals surface area contributed by atoms with Crippen molar-refractivity contribution in [2.45, 2.75) is 4.90 Å². The minimum Gasteiger partial charge on any atom is -0.497 e. The van der Waals surface area contributed by atoms with Gasteiger partial charge in [0.05, 0.1) is 12.0 Å². The molecule has 0 bridgehead atoms. The lowest BCUT2D eigenvalue weighted by molar-refractivity contribution is -0.114. The number of nitrogens with zero attached hydrogens (tertiary/aromatic N) is 2. The maximum Gasteiger partial charge on any atom is 0.322 e. The first-order valence-electron chi connectivity index (χ1n) is 7.63. The fourth-order valence-corrected chi connectivity index (χ4v) is 3.31. The average Bonchev–Trinajstić information content (AvgIpc) is 3.10. The molecule has 0 aliphatic heterocycles. The summed E-state index contributed by atoms with van der Waals surface area (Å²) in [6.45, 7) is 0. The third-order valence-corrected chi connectivity index (χ3v) is 5.13. The first-order valence-corrected chi connectivity index (χ1v) is 9.29. The van der Waals surface area contributed by atoms with Crippen molar-refractivity contribution >= 4 is 21.8 Å². The van der Waals surface area contributed by atoms with Gasteiger partial charge in [0.15, 0.2) is 9.84 Å². The molecule has 0 saturated carbocycles. The number of rotatable bonds is 6. The Morgan fingerprint density at radius 3 is 2.41 bits per heavy atom. The van der Waals surface area contributed by atoms with Gasteiger partial charge >= 0.3 is 6.01 Å². The van der Waals surface area contributed by atoms with Gasteiger partial charge in [-0.05, 0) is 48.5 Å². The number of carbonyl (C=O) groups excluding carboxylic acids is 1. The molecule has 0 spiro atoms. The smallest absolute Gasteiger partial charge is 0.322 e. The molecule has 0 fully saturated rings. The average molecular weight is 391 g/mol. The van der Waals surface area contributed by atoms with E-state index in [2.05, 4.69) is 15.5 Å². The Hall–Kier alpha value is -3.27. The highest BCUT2D eigenvalue weighted by atomic mass is 32.2. The molecule has 10 heteroatoms. The van der Waals surface area contributed by atoms with Gasteiger partial charge in [0, 0.05) is 5.56 Å². The third-order valence-electron chi connectivity index (χ3n) is 3.50. The molecular weight excluding hydrogens is 377 g/mol. The first-order chi connectivity index (χ1) is 12.9. The van der Waals surface area contributed by atoms with Crippen LogP contribution in [0, 0.1) is 5.82 Å². The lowest BCUT2D eigenvalue weighted by atomic mass is 10.2. The molecule has 0 aliphatic rings. The zero-order valence-corrected chi connectivity index (χ0v) is 14.9. The summed E-state index contributed by atoms with van der Waals surface area (Å²) in [7, 11) is -2.39. The predicted octanol–water partition coefficient (Wildman–Crippen LogP) is 2.30. The molecule has 1 amide bonds. The fraction of sp³-hybridized carbons (Fsp3) is 0.118. The number of benzene rings is 2. The van der Waals surface area contributed by atoms with E-state index in [1.54, 1.807) is 24.3 Å². The van der Waals surface area contributed by atoms with E-state index in [9.17, 15) is 17.6 Å². The van der Waals surface area contributed by atoms with E-state index >= 15 is 0 Å². The van der Waals surface area contributed by atoms with Crippen molar-refractivity contribution in [2.75, 3.05) is 18.2 Å². The summed E-state index contributed by atoms with van der Waals surface area (Å²) in [5, 5.41) is 9.70. The van der Waals surface area contributed by atoms with Gasteiger partial charge in [-0.1, -0.05) is 5.10 Å². The molecule has 0 unspecified atom stereocenters. The first kappa shape index (κ1) is 18.5. The van der Waals surface area contributed by atoms with Crippen molar-refractivity contribution in [3.05, 3.63) is 54.3 Å². The number of methoxy groups -OCH3 is 1. The van der Waals surface area contributed by atoms with Crippen molar-refractivity contribution in [2.24, 2.45) is 0 Å². The minimum atomic E-state index is -3.93. The Morgan fingerprint density at radius 1 is 1.11 bits per heavy atom. The molecule has 0 saturated heterocycles. The number of ether oxygens (including phenoxy) is 1. The van der Waals surface area contributed by atoms with Gasteiger partial charge in [0.1, 0.15) is 17.3 Å². The Morgan fingerprint density at radius 2 is 1.78 bits per heavy atom. The molecule has 1 N–H and O–H groups in total. The molecule has 140 valence electrons. The van der Waals surface area contributed by atoms with Crippen LogP contribution in [0.5, 0.6) is 5.75 Å². The van der Waals surface area contributed by atoms with Crippen LogP contribution >= 0.6 is 0 Å². The van der Waals surface area contributed by atoms with E-state index in [0.717, 1.165) is 24.3 Å². The number of carbonyl (C=O) groups is 1. The van der Waals surface area contributed by atoms with E-state index in [1.165, 1.54) is 7.11 Å². The number of nitrogens with one attached hydrogen (secondary N) is 1. The van der Waals surface area contributed by atoms with Crippen LogP contribution in [0.25, 0.3) is 11.5 Å². The van der Waals surface area contributed by atoms with Crippen LogP contribution in [0.4, 0.5) is 10.4 Å². The Bertz CT molecular complexity index is 1050. The van der Waals surface area contributed by atoms with Crippen LogP contribution < -0.4 is 10.1 Å². The molecule has 8 nitrogen and oxygen atoms in total. The van der Waals surface area contributed by atoms with E-state index in [4.69, 9.17) is 9.15 Å². The standard InChI is InChI=1S/C17H14FN3O5S/c1-25-13-6-2-11(3-7-13)16-20-21-17(26-16)19-15(22)10-27(23,24)14-8-4-12(18)5-9-14/h2-9H,10H2,1H3,(H,19,21,22). The zero-order valence-electron chi connectivity index (χ0n) is 14.0. The van der Waals surface area contributed by atoms with Gasteiger partial charge in [-0.2, -0.15) is 0 Å². The van der Waals surface area contributed by atoms with Gasteiger partial charge in [0.25, 0.3) is 0 Å². The molecule has 0 atom stereocenters. The second-order valence-electron chi connectivity index (χ2n) is 5.40. The summed E-state index contributed by atoms with van der Waals surface area (Å²) in [5.74, 6) is -1.48. The van der Waals surface area contributed by atoms with Gasteiger partial charge in [-0.15, -0.1) is 5.10 Å². The number of aromatic nitrogens is 2. The molecule has 2 aromatic carbocycles. The van der Waals surface area contributed by atoms with Crippen molar-refractivity contribution in [3.8, 4) is 17.2 Å². The molecule has 3 rings (SSSR count). The van der Waals surface area contributed by atoms with Crippen LogP contribution in [0.1, 0.15) is 0 Å². The van der Waals surface area contributed by atoms with Gasteiger partial charge < -0.3 is 9.15 Å². The monoisotopic (exact) mass is 391 g/mol. The Kier molecular flexibility index (Phi) is 5.17. The van der Waals surface area contributed by atoms with Crippen LogP contribution in [-0.2, 0) is 14.6 Å². The van der Waals surface area contributed by atoms with Crippen molar-refractivity contribution < 1.29 is 26.8 Å². The lowest BCUT2D eigenvalue weighted by Gasteiger charge is -2.04. The lowest BCUT2D eigenvalue weighted by Crippen LogP contribution is -2.23. The number of anilines is 1. The predicted molar refractivity (Wildman–Crippen MR) is 93.4 cm³/mol. The van der Waals surface area contributed by atoms with Crippen LogP contribution in [-0.4, -0.2) is 37.4 Å². The maximum atomic E-state index is 12.9. The number of hydrogen-bond donors (Lipinski definition) is 1. The number of amides is 1. The number of hydrogen-bond acceptors (Lipinski definition) is 7. The summed E-state index contributed by atoms with van der Waals surface area (Å²) in [4.78, 5) is 11.8. The summed E-state index contributed by atoms with van der Waals surface area (Å²) >= 11 is 0. The maximum absolute atomic E-state index is 12.9. The molecule has 0 radical (unpaired) electrons. The second-order valence-corrected chi connectivity index (χ2v) is 7.39. The molecule has 1 aromatic heterocycles. The van der Waals surface area contributed by atoms with Gasteiger partial charge in [0.2, 0.25) is 11.8 Å². The minimum absolute atomic E-state index is 0.148. The van der Waals surface area contributed by atoms with E-state index in [0.29, 0.717) is 11.3 Å². The van der Waals surface area contributed by atoms with Crippen LogP contribution in [0.15, 0.2) is 57.8 Å². The molecule has 3 aromatic rings. The van der Waals surface area contributed by atoms with E-state index in [-0.39, 0.29) is 16.8 Å². The normalized spacial score (nSPS) is 11.2. The molecular formula is C17H14FN3O5S. The SMILES string of the molecule is COc1ccc(-c2nnc(NC(=O)CS(=O)(=O)c3ccc(F)cc3)o2)cc1. The van der Waals surface area contributed by atoms with Crippen molar-refractivity contribution in [1.29, 1.82) is 0 Å². The van der Waals surface area contributed by atoms with Crippen molar-refractivity contribution in [3.63, 3.8) is 0 Å². The zero-order chi connectivity index (χ0) is 19.4. The summed E-state index contributed by atoms with van der Waals surface area (Å²) in [5.41, 5.74) is 0.600. The summed E-state index contributed by atoms with van der Waals surface area (Å²) in [6, 6.07) is 10.7. The second kappa shape index (κ2) is 7.54. The molecule has 27 heavy (non-hydrogen) atoms. The Balaban J connectivity index is 1.67. The van der Waals surface area contributed by atoms with Crippen LogP contribution in [0.3, 0.4) is 0 Å². The number of sulfone groups is 1. The van der Waals surface area contributed by atoms with Crippen LogP contribution in [0.2, 0.25) is 0 Å². The summed E-state index contributed by atoms with van der Waals surface area (Å²) in [6.07, 6.45) is 0.